The van der Waals surface area contributed by atoms with E-state index in [0.717, 1.165) is 41.8 Å². The van der Waals surface area contributed by atoms with Gasteiger partial charge in [0, 0.05) is 23.0 Å². The number of nitrogens with zero attached hydrogens (tertiary/aromatic N) is 1. The van der Waals surface area contributed by atoms with Gasteiger partial charge in [0.25, 0.3) is 5.56 Å². The molecule has 25 heavy (non-hydrogen) atoms. The van der Waals surface area contributed by atoms with Crippen molar-refractivity contribution in [3.8, 4) is 0 Å². The molecule has 124 valence electrons. The molecule has 0 bridgehead atoms. The van der Waals surface area contributed by atoms with Crippen molar-refractivity contribution in [1.82, 2.24) is 10.2 Å². The molecule has 3 aromatic rings. The number of nitrogens with one attached hydrogen (secondary N) is 2. The highest BCUT2D eigenvalue weighted by Gasteiger charge is 2.14. The minimum atomic E-state index is -0.0833. The van der Waals surface area contributed by atoms with E-state index in [-0.39, 0.29) is 5.56 Å². The Kier molecular flexibility index (Phi) is 4.17. The van der Waals surface area contributed by atoms with E-state index < -0.39 is 0 Å². The first kappa shape index (κ1) is 15.4. The molecule has 2 heterocycles. The second-order valence-corrected chi connectivity index (χ2v) is 6.19. The Morgan fingerprint density at radius 3 is 2.60 bits per heavy atom. The number of hydrogen-bond acceptors (Lipinski definition) is 2. The molecule has 0 atom stereocenters. The summed E-state index contributed by atoms with van der Waals surface area (Å²) in [5, 5.41) is 5.75. The molecule has 2 aromatic carbocycles. The van der Waals surface area contributed by atoms with Crippen molar-refractivity contribution in [2.75, 3.05) is 0 Å². The zero-order valence-electron chi connectivity index (χ0n) is 13.8. The molecule has 0 amide bonds. The van der Waals surface area contributed by atoms with Gasteiger partial charge in [-0.05, 0) is 37.0 Å². The van der Waals surface area contributed by atoms with Gasteiger partial charge in [-0.15, -0.1) is 0 Å². The Bertz CT molecular complexity index is 993. The van der Waals surface area contributed by atoms with E-state index in [1.165, 1.54) is 5.56 Å². The fraction of sp³-hybridized carbons (Fsp3) is 0.143. The number of allylic oxidation sites excluding steroid dienone is 1. The van der Waals surface area contributed by atoms with Crippen LogP contribution in [-0.2, 0) is 12.8 Å². The van der Waals surface area contributed by atoms with Crippen molar-refractivity contribution < 1.29 is 0 Å². The first-order valence-corrected chi connectivity index (χ1v) is 8.50. The number of hydrogen-bond donors (Lipinski definition) is 2. The maximum atomic E-state index is 12.2. The molecule has 0 spiro atoms. The van der Waals surface area contributed by atoms with Crippen LogP contribution in [0, 0.1) is 0 Å². The molecule has 0 unspecified atom stereocenters. The molecular formula is C21H19N3O. The van der Waals surface area contributed by atoms with Gasteiger partial charge >= 0.3 is 0 Å². The molecule has 4 rings (SSSR count). The van der Waals surface area contributed by atoms with Crippen LogP contribution in [0.5, 0.6) is 0 Å². The van der Waals surface area contributed by atoms with Crippen LogP contribution >= 0.6 is 0 Å². The van der Waals surface area contributed by atoms with E-state index in [1.54, 1.807) is 0 Å². The van der Waals surface area contributed by atoms with E-state index in [9.17, 15) is 4.79 Å². The molecule has 1 aliphatic rings. The van der Waals surface area contributed by atoms with Gasteiger partial charge in [0.2, 0.25) is 0 Å². The normalized spacial score (nSPS) is 14.2. The Labute approximate surface area is 145 Å². The molecule has 0 aliphatic carbocycles. The zero-order valence-corrected chi connectivity index (χ0v) is 13.8. The van der Waals surface area contributed by atoms with E-state index in [1.807, 2.05) is 42.6 Å². The summed E-state index contributed by atoms with van der Waals surface area (Å²) in [6, 6.07) is 18.4. The fourth-order valence-electron chi connectivity index (χ4n) is 3.18. The minimum Gasteiger partial charge on any atom is -0.302 e. The van der Waals surface area contributed by atoms with Gasteiger partial charge in [0.05, 0.1) is 11.3 Å². The highest BCUT2D eigenvalue weighted by Crippen LogP contribution is 2.32. The second-order valence-electron chi connectivity index (χ2n) is 6.19. The lowest BCUT2D eigenvalue weighted by Gasteiger charge is -2.02. The first-order valence-electron chi connectivity index (χ1n) is 8.50. The largest absolute Gasteiger partial charge is 0.302 e. The topological polar surface area (TPSA) is 61.0 Å². The summed E-state index contributed by atoms with van der Waals surface area (Å²) in [7, 11) is 0. The van der Waals surface area contributed by atoms with E-state index in [2.05, 4.69) is 39.5 Å². The standard InChI is InChI=1S/C21H19N3O/c25-21-18(13-16-14-22-19-11-5-4-10-17(16)19)20(23-24-21)12-6-9-15-7-2-1-3-8-15/h1-5,7-8,10-11,13-14H,6,9,12H2,(H2,23,24,25). The first-order chi connectivity index (χ1) is 12.3. The summed E-state index contributed by atoms with van der Waals surface area (Å²) in [6.45, 7) is 0. The lowest BCUT2D eigenvalue weighted by atomic mass is 10.0. The van der Waals surface area contributed by atoms with E-state index in [4.69, 9.17) is 0 Å². The van der Waals surface area contributed by atoms with Crippen LogP contribution in [0.25, 0.3) is 11.6 Å². The number of H-pyrrole nitrogens is 2. The third kappa shape index (κ3) is 3.24. The third-order valence-corrected chi connectivity index (χ3v) is 4.49. The number of para-hydroxylation sites is 1. The van der Waals surface area contributed by atoms with E-state index in [0.29, 0.717) is 5.56 Å². The third-order valence-electron chi connectivity index (χ3n) is 4.49. The Hall–Kier alpha value is -3.14. The van der Waals surface area contributed by atoms with Crippen LogP contribution in [0.1, 0.15) is 28.8 Å². The average Bonchev–Trinajstić information content (AvgIpc) is 3.21. The van der Waals surface area contributed by atoms with Crippen molar-refractivity contribution in [3.05, 3.63) is 87.3 Å². The van der Waals surface area contributed by atoms with Crippen LogP contribution in [0.15, 0.2) is 64.4 Å². The zero-order chi connectivity index (χ0) is 17.1. The number of aliphatic imine (C=N–C) groups is 1. The van der Waals surface area contributed by atoms with Crippen LogP contribution in [-0.4, -0.2) is 16.4 Å². The molecule has 2 N–H and O–H groups in total. The lowest BCUT2D eigenvalue weighted by molar-refractivity contribution is 0.791. The highest BCUT2D eigenvalue weighted by atomic mass is 16.1. The number of aryl methyl sites for hydroxylation is 2. The van der Waals surface area contributed by atoms with Gasteiger partial charge in [-0.2, -0.15) is 0 Å². The summed E-state index contributed by atoms with van der Waals surface area (Å²) in [6.07, 6.45) is 6.56. The molecule has 1 aliphatic heterocycles. The molecule has 0 radical (unpaired) electrons. The summed E-state index contributed by atoms with van der Waals surface area (Å²) in [4.78, 5) is 16.6. The molecule has 1 aromatic heterocycles. The van der Waals surface area contributed by atoms with Crippen molar-refractivity contribution in [3.63, 3.8) is 0 Å². The molecule has 4 heteroatoms. The SMILES string of the molecule is O=c1[nH][nH]c(CCCc2ccccc2)c1C=C1C=Nc2ccccc21. The lowest BCUT2D eigenvalue weighted by Crippen LogP contribution is -2.03. The smallest absolute Gasteiger partial charge is 0.271 e. The quantitative estimate of drug-likeness (QED) is 0.726. The van der Waals surface area contributed by atoms with Gasteiger partial charge in [0.1, 0.15) is 0 Å². The summed E-state index contributed by atoms with van der Waals surface area (Å²) in [5.41, 5.74) is 5.88. The number of fused-ring (bicyclic) bond motifs is 1. The van der Waals surface area contributed by atoms with Crippen molar-refractivity contribution in [2.45, 2.75) is 19.3 Å². The van der Waals surface area contributed by atoms with Gasteiger partial charge in [0.15, 0.2) is 0 Å². The van der Waals surface area contributed by atoms with Gasteiger partial charge in [-0.3, -0.25) is 14.9 Å². The molecule has 0 saturated heterocycles. The minimum absolute atomic E-state index is 0.0833. The molecule has 4 nitrogen and oxygen atoms in total. The van der Waals surface area contributed by atoms with Gasteiger partial charge < -0.3 is 5.10 Å². The predicted molar refractivity (Wildman–Crippen MR) is 102 cm³/mol. The number of rotatable bonds is 5. The number of aromatic nitrogens is 2. The fourth-order valence-corrected chi connectivity index (χ4v) is 3.18. The maximum Gasteiger partial charge on any atom is 0.271 e. The number of aromatic amines is 2. The van der Waals surface area contributed by atoms with Gasteiger partial charge in [-0.25, -0.2) is 0 Å². The summed E-state index contributed by atoms with van der Waals surface area (Å²) in [5.74, 6) is 0. The highest BCUT2D eigenvalue weighted by molar-refractivity contribution is 6.21. The van der Waals surface area contributed by atoms with Crippen LogP contribution < -0.4 is 5.56 Å². The van der Waals surface area contributed by atoms with E-state index >= 15 is 0 Å². The Balaban J connectivity index is 1.54. The Morgan fingerprint density at radius 1 is 0.920 bits per heavy atom. The van der Waals surface area contributed by atoms with Crippen molar-refractivity contribution >= 4 is 23.6 Å². The van der Waals surface area contributed by atoms with Crippen molar-refractivity contribution in [1.29, 1.82) is 0 Å². The second kappa shape index (κ2) is 6.77. The molecular weight excluding hydrogens is 310 g/mol. The predicted octanol–water partition coefficient (Wildman–Crippen LogP) is 4.13. The average molecular weight is 329 g/mol. The summed E-state index contributed by atoms with van der Waals surface area (Å²) < 4.78 is 0. The molecule has 0 saturated carbocycles. The monoisotopic (exact) mass is 329 g/mol. The van der Waals surface area contributed by atoms with Crippen LogP contribution in [0.4, 0.5) is 5.69 Å². The van der Waals surface area contributed by atoms with Gasteiger partial charge in [-0.1, -0.05) is 48.5 Å². The molecule has 0 fully saturated rings. The Morgan fingerprint density at radius 2 is 1.72 bits per heavy atom. The maximum absolute atomic E-state index is 12.2. The van der Waals surface area contributed by atoms with Crippen LogP contribution in [0.3, 0.4) is 0 Å². The number of benzene rings is 2. The summed E-state index contributed by atoms with van der Waals surface area (Å²) >= 11 is 0. The van der Waals surface area contributed by atoms with Crippen LogP contribution in [0.2, 0.25) is 0 Å². The van der Waals surface area contributed by atoms with Crippen molar-refractivity contribution in [2.24, 2.45) is 4.99 Å².